The van der Waals surface area contributed by atoms with Crippen LogP contribution in [0.2, 0.25) is 0 Å². The number of esters is 1. The molecule has 0 aliphatic rings. The van der Waals surface area contributed by atoms with Gasteiger partial charge in [0.05, 0.1) is 18.5 Å². The van der Waals surface area contributed by atoms with Gasteiger partial charge in [-0.25, -0.2) is 0 Å². The summed E-state index contributed by atoms with van der Waals surface area (Å²) in [4.78, 5) is 11.0. The van der Waals surface area contributed by atoms with Crippen molar-refractivity contribution in [1.82, 2.24) is 0 Å². The third-order valence-corrected chi connectivity index (χ3v) is 3.51. The Labute approximate surface area is 131 Å². The number of carbonyl (C=O) groups excluding carboxylic acids is 1. The Morgan fingerprint density at radius 3 is 2.80 bits per heavy atom. The van der Waals surface area contributed by atoms with Crippen molar-refractivity contribution in [1.29, 1.82) is 0 Å². The van der Waals surface area contributed by atoms with Crippen molar-refractivity contribution in [2.24, 2.45) is 0 Å². The summed E-state index contributed by atoms with van der Waals surface area (Å²) in [6, 6.07) is 4.77. The second-order valence-corrected chi connectivity index (χ2v) is 5.32. The van der Waals surface area contributed by atoms with Gasteiger partial charge in [-0.2, -0.15) is 12.6 Å². The molecule has 0 radical (unpaired) electrons. The maximum atomic E-state index is 11.0. The molecule has 0 saturated heterocycles. The van der Waals surface area contributed by atoms with E-state index in [0.29, 0.717) is 12.0 Å². The number of aliphatic hydroxyl groups excluding tert-OH is 1. The molecule has 0 unspecified atom stereocenters. The molecule has 0 amide bonds. The van der Waals surface area contributed by atoms with Gasteiger partial charge in [-0.1, -0.05) is 15.9 Å². The summed E-state index contributed by atoms with van der Waals surface area (Å²) in [5.74, 6) is -0.440. The Kier molecular flexibility index (Phi) is 7.36. The van der Waals surface area contributed by atoms with E-state index in [9.17, 15) is 15.0 Å². The molecule has 7 heteroatoms. The molecule has 0 heterocycles. The highest BCUT2D eigenvalue weighted by atomic mass is 79.9. The van der Waals surface area contributed by atoms with Gasteiger partial charge in [0.15, 0.2) is 0 Å². The first-order valence-corrected chi connectivity index (χ1v) is 7.38. The van der Waals surface area contributed by atoms with Gasteiger partial charge >= 0.3 is 5.97 Å². The molecule has 20 heavy (non-hydrogen) atoms. The minimum atomic E-state index is -1.02. The molecule has 0 bridgehead atoms. The van der Waals surface area contributed by atoms with Crippen LogP contribution in [0.4, 0.5) is 0 Å². The van der Waals surface area contributed by atoms with Crippen molar-refractivity contribution in [3.05, 3.63) is 28.2 Å². The Morgan fingerprint density at radius 2 is 2.20 bits per heavy atom. The van der Waals surface area contributed by atoms with Gasteiger partial charge in [-0.05, 0) is 18.2 Å². The number of rotatable bonds is 7. The number of thiol groups is 1. The van der Waals surface area contributed by atoms with Crippen LogP contribution in [0.5, 0.6) is 5.75 Å². The van der Waals surface area contributed by atoms with Crippen molar-refractivity contribution in [3.63, 3.8) is 0 Å². The van der Waals surface area contributed by atoms with Crippen molar-refractivity contribution in [2.45, 2.75) is 18.6 Å². The fourth-order valence-corrected chi connectivity index (χ4v) is 2.17. The summed E-state index contributed by atoms with van der Waals surface area (Å²) >= 11 is 7.07. The number of halogens is 1. The van der Waals surface area contributed by atoms with Crippen LogP contribution in [-0.4, -0.2) is 41.8 Å². The monoisotopic (exact) mass is 364 g/mol. The van der Waals surface area contributed by atoms with Crippen LogP contribution in [0.1, 0.15) is 18.1 Å². The number of carbonyl (C=O) groups is 1. The predicted molar refractivity (Wildman–Crippen MR) is 81.0 cm³/mol. The van der Waals surface area contributed by atoms with Crippen LogP contribution in [0, 0.1) is 0 Å². The van der Waals surface area contributed by atoms with Crippen LogP contribution in [0.15, 0.2) is 22.7 Å². The van der Waals surface area contributed by atoms with E-state index < -0.39 is 18.2 Å². The summed E-state index contributed by atoms with van der Waals surface area (Å²) < 4.78 is 10.8. The minimum absolute atomic E-state index is 0.00657. The molecule has 2 N–H and O–H groups in total. The Bertz CT molecular complexity index is 454. The van der Waals surface area contributed by atoms with E-state index in [4.69, 9.17) is 9.47 Å². The Balaban J connectivity index is 2.68. The first kappa shape index (κ1) is 17.3. The fourth-order valence-electron chi connectivity index (χ4n) is 1.70. The van der Waals surface area contributed by atoms with Crippen LogP contribution in [0.25, 0.3) is 0 Å². The lowest BCUT2D eigenvalue weighted by Crippen LogP contribution is -2.23. The highest BCUT2D eigenvalue weighted by Crippen LogP contribution is 2.31. The average molecular weight is 365 g/mol. The lowest BCUT2D eigenvalue weighted by molar-refractivity contribution is -0.141. The molecule has 1 rings (SSSR count). The normalized spacial score (nSPS) is 13.8. The minimum Gasteiger partial charge on any atom is -0.508 e. The summed E-state index contributed by atoms with van der Waals surface area (Å²) in [5.41, 5.74) is 0.353. The third kappa shape index (κ3) is 4.97. The zero-order valence-electron chi connectivity index (χ0n) is 11.0. The van der Waals surface area contributed by atoms with Gasteiger partial charge in [0.2, 0.25) is 0 Å². The van der Waals surface area contributed by atoms with Crippen LogP contribution in [-0.2, 0) is 14.3 Å². The van der Waals surface area contributed by atoms with Crippen LogP contribution >= 0.6 is 28.6 Å². The van der Waals surface area contributed by atoms with Crippen molar-refractivity contribution in [2.75, 3.05) is 19.5 Å². The van der Waals surface area contributed by atoms with Gasteiger partial charge in [0, 0.05) is 23.6 Å². The first-order valence-electron chi connectivity index (χ1n) is 5.95. The number of hydrogen-bond acceptors (Lipinski definition) is 6. The molecule has 0 aliphatic carbocycles. The molecule has 0 aliphatic heterocycles. The summed E-state index contributed by atoms with van der Waals surface area (Å²) in [6.45, 7) is 0.115. The lowest BCUT2D eigenvalue weighted by Gasteiger charge is -2.22. The quantitative estimate of drug-likeness (QED) is 0.510. The highest BCUT2D eigenvalue weighted by molar-refractivity contribution is 9.10. The van der Waals surface area contributed by atoms with Crippen LogP contribution < -0.4 is 0 Å². The van der Waals surface area contributed by atoms with Crippen LogP contribution in [0.3, 0.4) is 0 Å². The molecule has 112 valence electrons. The van der Waals surface area contributed by atoms with E-state index in [1.54, 1.807) is 12.1 Å². The van der Waals surface area contributed by atoms with Gasteiger partial charge in [0.25, 0.3) is 0 Å². The maximum Gasteiger partial charge on any atom is 0.315 e. The second-order valence-electron chi connectivity index (χ2n) is 4.09. The van der Waals surface area contributed by atoms with Crippen molar-refractivity contribution in [3.8, 4) is 5.75 Å². The summed E-state index contributed by atoms with van der Waals surface area (Å²) in [6.07, 6.45) is -1.31. The number of phenolic OH excluding ortho intramolecular Hbond substituents is 1. The van der Waals surface area contributed by atoms with E-state index in [1.807, 2.05) is 0 Å². The molecule has 0 saturated carbocycles. The molecule has 1 aromatic rings. The first-order chi connectivity index (χ1) is 9.49. The summed E-state index contributed by atoms with van der Waals surface area (Å²) in [7, 11) is 1.45. The van der Waals surface area contributed by atoms with E-state index in [2.05, 4.69) is 28.6 Å². The van der Waals surface area contributed by atoms with Gasteiger partial charge < -0.3 is 19.7 Å². The molecular formula is C13H17BrO5S. The van der Waals surface area contributed by atoms with Crippen molar-refractivity contribution >= 4 is 34.5 Å². The number of phenols is 1. The Morgan fingerprint density at radius 1 is 1.50 bits per heavy atom. The zero-order chi connectivity index (χ0) is 15.1. The standard InChI is InChI=1S/C13H17BrO5S/c1-18-11(4-5-19-12(16)7-20)13(17)9-6-8(14)2-3-10(9)15/h2-3,6,11,13,15,17,20H,4-5,7H2,1H3/t11-,13-/m1/s1. The average Bonchev–Trinajstić information content (AvgIpc) is 2.45. The molecule has 0 spiro atoms. The third-order valence-electron chi connectivity index (χ3n) is 2.76. The summed E-state index contributed by atoms with van der Waals surface area (Å²) in [5, 5.41) is 20.0. The topological polar surface area (TPSA) is 76.0 Å². The SMILES string of the molecule is CO[C@H](CCOC(=O)CS)[C@H](O)c1cc(Br)ccc1O. The van der Waals surface area contributed by atoms with E-state index >= 15 is 0 Å². The highest BCUT2D eigenvalue weighted by Gasteiger charge is 2.23. The molecule has 0 fully saturated rings. The van der Waals surface area contributed by atoms with E-state index in [1.165, 1.54) is 13.2 Å². The smallest absolute Gasteiger partial charge is 0.315 e. The largest absolute Gasteiger partial charge is 0.508 e. The van der Waals surface area contributed by atoms with Gasteiger partial charge in [-0.3, -0.25) is 4.79 Å². The number of aliphatic hydroxyl groups is 1. The van der Waals surface area contributed by atoms with E-state index in [-0.39, 0.29) is 18.1 Å². The predicted octanol–water partition coefficient (Wildman–Crippen LogP) is 2.07. The molecule has 2 atom stereocenters. The number of ether oxygens (including phenoxy) is 2. The van der Waals surface area contributed by atoms with Gasteiger partial charge in [0.1, 0.15) is 11.9 Å². The number of benzene rings is 1. The molecule has 1 aromatic carbocycles. The number of methoxy groups -OCH3 is 1. The van der Waals surface area contributed by atoms with E-state index in [0.717, 1.165) is 4.47 Å². The maximum absolute atomic E-state index is 11.0. The Hall–Kier alpha value is -0.760. The molecular weight excluding hydrogens is 348 g/mol. The lowest BCUT2D eigenvalue weighted by atomic mass is 10.0. The zero-order valence-corrected chi connectivity index (χ0v) is 13.4. The van der Waals surface area contributed by atoms with Gasteiger partial charge in [-0.15, -0.1) is 0 Å². The number of hydrogen-bond donors (Lipinski definition) is 3. The second kappa shape index (κ2) is 8.51. The molecule has 5 nitrogen and oxygen atoms in total. The fraction of sp³-hybridized carbons (Fsp3) is 0.462. The van der Waals surface area contributed by atoms with Crippen molar-refractivity contribution < 1.29 is 24.5 Å². The number of aromatic hydroxyl groups is 1. The molecule has 0 aromatic heterocycles.